The molecule has 0 radical (unpaired) electrons. The van der Waals surface area contributed by atoms with E-state index in [4.69, 9.17) is 9.84 Å². The number of nitrogens with one attached hydrogen (secondary N) is 1. The highest BCUT2D eigenvalue weighted by Gasteiger charge is 2.37. The Kier molecular flexibility index (Phi) is 4.54. The average Bonchev–Trinajstić information content (AvgIpc) is 3.59. The van der Waals surface area contributed by atoms with E-state index >= 15 is 0 Å². The van der Waals surface area contributed by atoms with Gasteiger partial charge in [-0.1, -0.05) is 0 Å². The number of anilines is 1. The summed E-state index contributed by atoms with van der Waals surface area (Å²) in [6, 6.07) is 9.24. The second-order valence-electron chi connectivity index (χ2n) is 8.56. The lowest BCUT2D eigenvalue weighted by atomic mass is 9.98. The number of hydrogen-bond acceptors (Lipinski definition) is 6. The summed E-state index contributed by atoms with van der Waals surface area (Å²) in [4.78, 5) is 25.6. The summed E-state index contributed by atoms with van der Waals surface area (Å²) in [6.07, 6.45) is 7.80. The van der Waals surface area contributed by atoms with Crippen LogP contribution in [0.3, 0.4) is 0 Å². The number of carbonyl (C=O) groups excluding carboxylic acids is 1. The van der Waals surface area contributed by atoms with Gasteiger partial charge in [0.1, 0.15) is 17.3 Å². The van der Waals surface area contributed by atoms with Crippen molar-refractivity contribution in [2.24, 2.45) is 0 Å². The molecule has 0 aliphatic carbocycles. The fourth-order valence-corrected chi connectivity index (χ4v) is 4.67. The van der Waals surface area contributed by atoms with Crippen LogP contribution in [0.4, 0.5) is 5.69 Å². The third-order valence-corrected chi connectivity index (χ3v) is 6.42. The third kappa shape index (κ3) is 3.02. The maximum Gasteiger partial charge on any atom is 0.258 e. The topological polar surface area (TPSA) is 96.1 Å². The van der Waals surface area contributed by atoms with Crippen LogP contribution in [0.25, 0.3) is 11.0 Å². The Balaban J connectivity index is 1.45. The molecule has 0 bridgehead atoms. The number of fused-ring (bicyclic) bond motifs is 3. The van der Waals surface area contributed by atoms with Crippen LogP contribution >= 0.6 is 0 Å². The van der Waals surface area contributed by atoms with Crippen molar-refractivity contribution in [3.63, 3.8) is 0 Å². The molecular formula is C24H24N8O2. The van der Waals surface area contributed by atoms with Gasteiger partial charge in [0.15, 0.2) is 0 Å². The fourth-order valence-electron chi connectivity index (χ4n) is 4.67. The van der Waals surface area contributed by atoms with E-state index in [9.17, 15) is 4.79 Å². The van der Waals surface area contributed by atoms with Gasteiger partial charge >= 0.3 is 0 Å². The Bertz CT molecular complexity index is 1530. The molecule has 34 heavy (non-hydrogen) atoms. The molecule has 10 heteroatoms. The van der Waals surface area contributed by atoms with Crippen molar-refractivity contribution in [1.29, 1.82) is 0 Å². The van der Waals surface area contributed by atoms with Crippen molar-refractivity contribution in [3.05, 3.63) is 77.9 Å². The Morgan fingerprint density at radius 3 is 2.91 bits per heavy atom. The first kappa shape index (κ1) is 20.3. The van der Waals surface area contributed by atoms with Crippen LogP contribution in [0.5, 0.6) is 5.75 Å². The summed E-state index contributed by atoms with van der Waals surface area (Å²) in [5, 5.41) is 9.24. The molecule has 0 saturated carbocycles. The molecule has 1 atom stereocenters. The van der Waals surface area contributed by atoms with Gasteiger partial charge in [-0.15, -0.1) is 0 Å². The zero-order chi connectivity index (χ0) is 23.4. The summed E-state index contributed by atoms with van der Waals surface area (Å²) >= 11 is 0. The lowest BCUT2D eigenvalue weighted by Gasteiger charge is -2.33. The molecule has 0 spiro atoms. The summed E-state index contributed by atoms with van der Waals surface area (Å²) < 4.78 is 9.03. The highest BCUT2D eigenvalue weighted by Crippen LogP contribution is 2.36. The Hall–Kier alpha value is -4.34. The van der Waals surface area contributed by atoms with E-state index in [1.165, 1.54) is 0 Å². The summed E-state index contributed by atoms with van der Waals surface area (Å²) in [7, 11) is 5.58. The van der Waals surface area contributed by atoms with E-state index < -0.39 is 6.04 Å². The predicted octanol–water partition coefficient (Wildman–Crippen LogP) is 2.57. The van der Waals surface area contributed by atoms with Crippen LogP contribution in [-0.4, -0.2) is 67.8 Å². The summed E-state index contributed by atoms with van der Waals surface area (Å²) in [6.45, 7) is 0.539. The minimum atomic E-state index is -0.428. The van der Waals surface area contributed by atoms with Gasteiger partial charge in [-0.05, 0) is 30.3 Å². The van der Waals surface area contributed by atoms with E-state index in [0.29, 0.717) is 18.5 Å². The van der Waals surface area contributed by atoms with Crippen LogP contribution < -0.4 is 9.64 Å². The molecule has 1 amide bonds. The molecular weight excluding hydrogens is 432 g/mol. The standard InChI is InChI=1S/C24H24N8O2/c1-29(2)15-6-7-19-16(12-27-32(19)13-15)24(33)30-10-8-17-22(26-14-25-17)23(30)18-11-20-21(34-3)5-4-9-31(20)28-18/h4-7,9,11-14,23H,8,10H2,1-3H3,(H,25,26). The number of aromatic nitrogens is 6. The third-order valence-electron chi connectivity index (χ3n) is 6.42. The molecule has 1 aliphatic rings. The maximum atomic E-state index is 13.9. The smallest absolute Gasteiger partial charge is 0.258 e. The van der Waals surface area contributed by atoms with Crippen LogP contribution in [0.2, 0.25) is 0 Å². The molecule has 0 fully saturated rings. The van der Waals surface area contributed by atoms with Gasteiger partial charge in [-0.25, -0.2) is 14.0 Å². The van der Waals surface area contributed by atoms with E-state index in [0.717, 1.165) is 39.6 Å². The normalized spacial score (nSPS) is 15.6. The first-order chi connectivity index (χ1) is 16.5. The molecule has 6 rings (SSSR count). The quantitative estimate of drug-likeness (QED) is 0.447. The number of ether oxygens (including phenoxy) is 1. The summed E-state index contributed by atoms with van der Waals surface area (Å²) in [5.41, 5.74) is 5.72. The number of methoxy groups -OCH3 is 1. The van der Waals surface area contributed by atoms with E-state index in [1.54, 1.807) is 28.7 Å². The van der Waals surface area contributed by atoms with Gasteiger partial charge in [-0.3, -0.25) is 4.79 Å². The Labute approximate surface area is 195 Å². The number of imidazole rings is 1. The van der Waals surface area contributed by atoms with Gasteiger partial charge in [0.05, 0.1) is 54.0 Å². The number of carbonyl (C=O) groups is 1. The molecule has 0 aromatic carbocycles. The minimum absolute atomic E-state index is 0.102. The number of aromatic amines is 1. The highest BCUT2D eigenvalue weighted by molar-refractivity contribution is 6.01. The molecule has 5 aromatic rings. The van der Waals surface area contributed by atoms with Crippen molar-refractivity contribution < 1.29 is 9.53 Å². The van der Waals surface area contributed by atoms with Crippen molar-refractivity contribution in [2.75, 3.05) is 32.6 Å². The number of nitrogens with zero attached hydrogens (tertiary/aromatic N) is 7. The van der Waals surface area contributed by atoms with E-state index in [2.05, 4.69) is 15.1 Å². The highest BCUT2D eigenvalue weighted by atomic mass is 16.5. The van der Waals surface area contributed by atoms with E-state index in [-0.39, 0.29) is 5.91 Å². The number of amides is 1. The van der Waals surface area contributed by atoms with Crippen molar-refractivity contribution >= 4 is 22.6 Å². The number of rotatable bonds is 4. The molecule has 1 aliphatic heterocycles. The van der Waals surface area contributed by atoms with Gasteiger partial charge in [-0.2, -0.15) is 10.2 Å². The fraction of sp³-hybridized carbons (Fsp3) is 0.250. The monoisotopic (exact) mass is 456 g/mol. The molecule has 0 saturated heterocycles. The van der Waals surface area contributed by atoms with Crippen LogP contribution in [-0.2, 0) is 6.42 Å². The number of pyridine rings is 2. The van der Waals surface area contributed by atoms with Crippen molar-refractivity contribution in [1.82, 2.24) is 34.1 Å². The Morgan fingerprint density at radius 1 is 1.21 bits per heavy atom. The van der Waals surface area contributed by atoms with Crippen LogP contribution in [0, 0.1) is 0 Å². The van der Waals surface area contributed by atoms with Crippen LogP contribution in [0.15, 0.2) is 55.2 Å². The lowest BCUT2D eigenvalue weighted by molar-refractivity contribution is 0.0689. The second-order valence-corrected chi connectivity index (χ2v) is 8.56. The van der Waals surface area contributed by atoms with Gasteiger partial charge in [0.2, 0.25) is 0 Å². The Morgan fingerprint density at radius 2 is 2.09 bits per heavy atom. The first-order valence-electron chi connectivity index (χ1n) is 11.1. The van der Waals surface area contributed by atoms with Crippen molar-refractivity contribution in [2.45, 2.75) is 12.5 Å². The molecule has 1 unspecified atom stereocenters. The van der Waals surface area contributed by atoms with Crippen molar-refractivity contribution in [3.8, 4) is 5.75 Å². The molecule has 5 aromatic heterocycles. The predicted molar refractivity (Wildman–Crippen MR) is 126 cm³/mol. The minimum Gasteiger partial charge on any atom is -0.494 e. The second kappa shape index (κ2) is 7.62. The van der Waals surface area contributed by atoms with Gasteiger partial charge in [0, 0.05) is 39.0 Å². The number of H-pyrrole nitrogens is 1. The average molecular weight is 457 g/mol. The maximum absolute atomic E-state index is 13.9. The first-order valence-corrected chi connectivity index (χ1v) is 11.1. The largest absolute Gasteiger partial charge is 0.494 e. The molecule has 10 nitrogen and oxygen atoms in total. The van der Waals surface area contributed by atoms with Gasteiger partial charge < -0.3 is 19.5 Å². The van der Waals surface area contributed by atoms with E-state index in [1.807, 2.05) is 66.6 Å². The molecule has 172 valence electrons. The number of hydrogen-bond donors (Lipinski definition) is 1. The zero-order valence-corrected chi connectivity index (χ0v) is 19.1. The molecule has 6 heterocycles. The van der Waals surface area contributed by atoms with Gasteiger partial charge in [0.25, 0.3) is 5.91 Å². The SMILES string of the molecule is COc1cccn2nc(C3c4nc[nH]c4CCN3C(=O)c3cnn4cc(N(C)C)ccc34)cc12. The molecule has 1 N–H and O–H groups in total. The zero-order valence-electron chi connectivity index (χ0n) is 19.1. The lowest BCUT2D eigenvalue weighted by Crippen LogP contribution is -2.41. The summed E-state index contributed by atoms with van der Waals surface area (Å²) in [5.74, 6) is 0.617. The van der Waals surface area contributed by atoms with Crippen LogP contribution in [0.1, 0.15) is 33.5 Å².